The van der Waals surface area contributed by atoms with Crippen LogP contribution in [0.4, 0.5) is 5.82 Å². The number of aromatic amines is 1. The van der Waals surface area contributed by atoms with Crippen molar-refractivity contribution in [3.8, 4) is 0 Å². The van der Waals surface area contributed by atoms with Gasteiger partial charge in [0.05, 0.1) is 11.6 Å². The molecular weight excluding hydrogens is 410 g/mol. The predicted octanol–water partition coefficient (Wildman–Crippen LogP) is 3.03. The minimum Gasteiger partial charge on any atom is -0.355 e. The standard InChI is InChI=1S/C23H27N5O2S/c24-16-18-5-7-21(8-6-18)31(29,30)28-11-9-20(10-12-28)26-13-14-27(17-26)23-15-19-3-1-2-4-22(19)25-23/h1-8,13-15,20,25H,9-12,16-17,24H2. The van der Waals surface area contributed by atoms with E-state index in [1.165, 1.54) is 5.39 Å². The number of para-hydroxylation sites is 1. The van der Waals surface area contributed by atoms with Crippen molar-refractivity contribution in [2.24, 2.45) is 5.73 Å². The van der Waals surface area contributed by atoms with Crippen molar-refractivity contribution in [1.29, 1.82) is 0 Å². The molecule has 1 fully saturated rings. The van der Waals surface area contributed by atoms with Gasteiger partial charge in [0.25, 0.3) is 0 Å². The zero-order valence-corrected chi connectivity index (χ0v) is 18.1. The summed E-state index contributed by atoms with van der Waals surface area (Å²) in [5, 5.41) is 1.20. The molecule has 2 aliphatic rings. The van der Waals surface area contributed by atoms with E-state index in [1.807, 2.05) is 12.1 Å². The minimum atomic E-state index is -3.46. The normalized spacial score (nSPS) is 18.4. The molecule has 3 N–H and O–H groups in total. The van der Waals surface area contributed by atoms with Gasteiger partial charge in [0, 0.05) is 49.0 Å². The quantitative estimate of drug-likeness (QED) is 0.641. The van der Waals surface area contributed by atoms with Gasteiger partial charge in [-0.15, -0.1) is 0 Å². The zero-order valence-electron chi connectivity index (χ0n) is 17.3. The van der Waals surface area contributed by atoms with E-state index < -0.39 is 10.0 Å². The molecule has 1 saturated heterocycles. The van der Waals surface area contributed by atoms with Crippen molar-refractivity contribution in [2.45, 2.75) is 30.3 Å². The highest BCUT2D eigenvalue weighted by Gasteiger charge is 2.32. The average molecular weight is 438 g/mol. The molecule has 0 radical (unpaired) electrons. The van der Waals surface area contributed by atoms with E-state index in [9.17, 15) is 8.42 Å². The summed E-state index contributed by atoms with van der Waals surface area (Å²) < 4.78 is 27.6. The Balaban J connectivity index is 1.21. The van der Waals surface area contributed by atoms with Crippen LogP contribution in [0.25, 0.3) is 10.9 Å². The minimum absolute atomic E-state index is 0.330. The number of aromatic nitrogens is 1. The smallest absolute Gasteiger partial charge is 0.243 e. The highest BCUT2D eigenvalue weighted by atomic mass is 32.2. The number of nitrogens with zero attached hydrogens (tertiary/aromatic N) is 3. The Kier molecular flexibility index (Phi) is 5.21. The molecule has 1 aromatic heterocycles. The Labute approximate surface area is 182 Å². The van der Waals surface area contributed by atoms with Crippen molar-refractivity contribution in [3.05, 3.63) is 72.6 Å². The third kappa shape index (κ3) is 3.82. The average Bonchev–Trinajstić information content (AvgIpc) is 3.46. The number of hydrogen-bond donors (Lipinski definition) is 2. The molecule has 3 heterocycles. The van der Waals surface area contributed by atoms with Crippen LogP contribution in [0.5, 0.6) is 0 Å². The molecule has 7 nitrogen and oxygen atoms in total. The number of piperidine rings is 1. The van der Waals surface area contributed by atoms with Crippen LogP contribution in [0.15, 0.2) is 71.9 Å². The maximum atomic E-state index is 13.0. The molecule has 3 aromatic rings. The van der Waals surface area contributed by atoms with Crippen LogP contribution in [0.1, 0.15) is 18.4 Å². The van der Waals surface area contributed by atoms with Crippen LogP contribution in [-0.2, 0) is 16.6 Å². The van der Waals surface area contributed by atoms with Crippen molar-refractivity contribution in [2.75, 3.05) is 24.7 Å². The first kappa shape index (κ1) is 20.1. The highest BCUT2D eigenvalue weighted by molar-refractivity contribution is 7.89. The number of benzene rings is 2. The Morgan fingerprint density at radius 2 is 1.74 bits per heavy atom. The molecule has 0 unspecified atom stereocenters. The van der Waals surface area contributed by atoms with Crippen molar-refractivity contribution < 1.29 is 8.42 Å². The van der Waals surface area contributed by atoms with Gasteiger partial charge in [-0.3, -0.25) is 0 Å². The van der Waals surface area contributed by atoms with Crippen LogP contribution >= 0.6 is 0 Å². The number of H-pyrrole nitrogens is 1. The van der Waals surface area contributed by atoms with Crippen LogP contribution in [-0.4, -0.2) is 48.4 Å². The van der Waals surface area contributed by atoms with Gasteiger partial charge in [-0.2, -0.15) is 4.31 Å². The van der Waals surface area contributed by atoms with Crippen LogP contribution < -0.4 is 10.6 Å². The fourth-order valence-electron chi connectivity index (χ4n) is 4.40. The predicted molar refractivity (Wildman–Crippen MR) is 123 cm³/mol. The number of sulfonamides is 1. The van der Waals surface area contributed by atoms with Crippen molar-refractivity contribution in [1.82, 2.24) is 14.2 Å². The Morgan fingerprint density at radius 3 is 2.45 bits per heavy atom. The van der Waals surface area contributed by atoms with E-state index in [0.717, 1.165) is 36.4 Å². The second-order valence-corrected chi connectivity index (χ2v) is 10.1. The topological polar surface area (TPSA) is 85.7 Å². The van der Waals surface area contributed by atoms with Gasteiger partial charge in [-0.25, -0.2) is 8.42 Å². The molecule has 0 amide bonds. The lowest BCUT2D eigenvalue weighted by Gasteiger charge is -2.36. The Morgan fingerprint density at radius 1 is 1.00 bits per heavy atom. The maximum absolute atomic E-state index is 13.0. The SMILES string of the molecule is NCc1ccc(S(=O)(=O)N2CCC(N3C=CN(c4cc5ccccc5[nH]4)C3)CC2)cc1. The number of hydrogen-bond acceptors (Lipinski definition) is 5. The van der Waals surface area contributed by atoms with Gasteiger partial charge in [0.15, 0.2) is 0 Å². The second kappa shape index (κ2) is 8.03. The van der Waals surface area contributed by atoms with E-state index >= 15 is 0 Å². The summed E-state index contributed by atoms with van der Waals surface area (Å²) in [6, 6.07) is 17.6. The molecule has 2 aromatic carbocycles. The first-order valence-corrected chi connectivity index (χ1v) is 12.1. The molecule has 2 aliphatic heterocycles. The lowest BCUT2D eigenvalue weighted by Crippen LogP contribution is -2.45. The number of fused-ring (bicyclic) bond motifs is 1. The summed E-state index contributed by atoms with van der Waals surface area (Å²) >= 11 is 0. The number of nitrogens with two attached hydrogens (primary N) is 1. The molecular formula is C23H27N5O2S. The van der Waals surface area contributed by atoms with E-state index in [2.05, 4.69) is 45.4 Å². The summed E-state index contributed by atoms with van der Waals surface area (Å²) in [6.07, 6.45) is 5.83. The van der Waals surface area contributed by atoms with E-state index in [0.29, 0.717) is 30.6 Å². The lowest BCUT2D eigenvalue weighted by molar-refractivity contribution is 0.199. The zero-order chi connectivity index (χ0) is 21.4. The molecule has 5 rings (SSSR count). The molecule has 0 bridgehead atoms. The summed E-state index contributed by atoms with van der Waals surface area (Å²) in [4.78, 5) is 8.32. The summed E-state index contributed by atoms with van der Waals surface area (Å²) in [6.45, 7) is 2.24. The summed E-state index contributed by atoms with van der Waals surface area (Å²) in [5.74, 6) is 1.07. The van der Waals surface area contributed by atoms with Gasteiger partial charge < -0.3 is 20.5 Å². The molecule has 0 saturated carbocycles. The number of rotatable bonds is 5. The molecule has 0 spiro atoms. The first-order chi connectivity index (χ1) is 15.0. The molecule has 8 heteroatoms. The van der Waals surface area contributed by atoms with Crippen molar-refractivity contribution in [3.63, 3.8) is 0 Å². The monoisotopic (exact) mass is 437 g/mol. The molecule has 31 heavy (non-hydrogen) atoms. The van der Waals surface area contributed by atoms with E-state index in [-0.39, 0.29) is 0 Å². The number of anilines is 1. The third-order valence-corrected chi connectivity index (χ3v) is 8.18. The third-order valence-electron chi connectivity index (χ3n) is 6.27. The lowest BCUT2D eigenvalue weighted by atomic mass is 10.1. The fourth-order valence-corrected chi connectivity index (χ4v) is 5.87. The van der Waals surface area contributed by atoms with Gasteiger partial charge >= 0.3 is 0 Å². The first-order valence-electron chi connectivity index (χ1n) is 10.6. The van der Waals surface area contributed by atoms with Crippen molar-refractivity contribution >= 4 is 26.7 Å². The molecule has 0 atom stereocenters. The van der Waals surface area contributed by atoms with Crippen LogP contribution in [0, 0.1) is 0 Å². The summed E-state index contributed by atoms with van der Waals surface area (Å²) in [5.41, 5.74) is 7.67. The van der Waals surface area contributed by atoms with E-state index in [4.69, 9.17) is 5.73 Å². The van der Waals surface area contributed by atoms with Gasteiger partial charge in [0.2, 0.25) is 10.0 Å². The van der Waals surface area contributed by atoms with Crippen LogP contribution in [0.3, 0.4) is 0 Å². The van der Waals surface area contributed by atoms with Gasteiger partial charge in [0.1, 0.15) is 5.82 Å². The largest absolute Gasteiger partial charge is 0.355 e. The molecule has 0 aliphatic carbocycles. The molecule has 162 valence electrons. The van der Waals surface area contributed by atoms with Gasteiger partial charge in [-0.05, 0) is 42.7 Å². The number of nitrogens with one attached hydrogen (secondary N) is 1. The second-order valence-electron chi connectivity index (χ2n) is 8.15. The maximum Gasteiger partial charge on any atom is 0.243 e. The van der Waals surface area contributed by atoms with Crippen LogP contribution in [0.2, 0.25) is 0 Å². The fraction of sp³-hybridized carbons (Fsp3) is 0.304. The van der Waals surface area contributed by atoms with E-state index in [1.54, 1.807) is 28.6 Å². The highest BCUT2D eigenvalue weighted by Crippen LogP contribution is 2.28. The van der Waals surface area contributed by atoms with Gasteiger partial charge in [-0.1, -0.05) is 30.3 Å². The Bertz CT molecular complexity index is 1160. The Hall–Kier alpha value is -2.81. The summed E-state index contributed by atoms with van der Waals surface area (Å²) in [7, 11) is -3.46.